The lowest BCUT2D eigenvalue weighted by Gasteiger charge is -2.26. The molecule has 17 aromatic rings. The summed E-state index contributed by atoms with van der Waals surface area (Å²) in [6.07, 6.45) is 0. The first-order valence-corrected chi connectivity index (χ1v) is 27.6. The van der Waals surface area contributed by atoms with Crippen molar-refractivity contribution in [3.05, 3.63) is 279 Å². The molecule has 0 radical (unpaired) electrons. The topological polar surface area (TPSA) is 66.4 Å². The Balaban J connectivity index is 0.785. The van der Waals surface area contributed by atoms with Crippen LogP contribution in [-0.4, -0.2) is 9.13 Å². The SMILES string of the molecule is N#Cc1cc2c3cc4ccc(N(c5ccccc5)c5ccc6c(c5)c5ccccc5n6-c5ccccc5)cc4cc3oc2c2c1oc1cc3cc(N(c4ccccc4)c4ccc5c(c4)c4ccccc4n5-c4ccccc4)ccc3cc12. The number of fused-ring (bicyclic) bond motifs is 15. The Bertz CT molecular complexity index is 5480. The number of rotatable bonds is 8. The lowest BCUT2D eigenvalue weighted by molar-refractivity contribution is 0.662. The van der Waals surface area contributed by atoms with Gasteiger partial charge < -0.3 is 27.8 Å². The van der Waals surface area contributed by atoms with Crippen LogP contribution in [0, 0.1) is 11.3 Å². The van der Waals surface area contributed by atoms with E-state index in [4.69, 9.17) is 8.83 Å². The average molecular weight is 1050 g/mol. The summed E-state index contributed by atoms with van der Waals surface area (Å²) in [7, 11) is 0. The van der Waals surface area contributed by atoms with Gasteiger partial charge in [0, 0.05) is 83.2 Å². The van der Waals surface area contributed by atoms with E-state index in [0.29, 0.717) is 22.3 Å². The minimum absolute atomic E-state index is 0.461. The first kappa shape index (κ1) is 45.7. The fraction of sp³-hybridized carbons (Fsp3) is 0. The molecular weight excluding hydrogens is 1000 g/mol. The Labute approximate surface area is 469 Å². The normalized spacial score (nSPS) is 11.9. The van der Waals surface area contributed by atoms with Crippen LogP contribution in [0.5, 0.6) is 0 Å². The van der Waals surface area contributed by atoms with Gasteiger partial charge in [-0.2, -0.15) is 5.26 Å². The molecular formula is C75H45N5O2. The average Bonchev–Trinajstić information content (AvgIpc) is 2.84. The Hall–Kier alpha value is -11.3. The molecule has 82 heavy (non-hydrogen) atoms. The molecule has 0 spiro atoms. The number of hydrogen-bond donors (Lipinski definition) is 0. The van der Waals surface area contributed by atoms with Gasteiger partial charge in [0.05, 0.1) is 33.0 Å². The van der Waals surface area contributed by atoms with Crippen LogP contribution in [0.1, 0.15) is 5.56 Å². The number of benzene rings is 13. The first-order valence-electron chi connectivity index (χ1n) is 27.6. The fourth-order valence-electron chi connectivity index (χ4n) is 12.9. The summed E-state index contributed by atoms with van der Waals surface area (Å²) in [6.45, 7) is 0. The molecule has 7 heteroatoms. The van der Waals surface area contributed by atoms with Crippen molar-refractivity contribution in [2.24, 2.45) is 0 Å². The van der Waals surface area contributed by atoms with Crippen molar-refractivity contribution in [3.63, 3.8) is 0 Å². The van der Waals surface area contributed by atoms with Gasteiger partial charge in [0.1, 0.15) is 22.8 Å². The number of anilines is 6. The predicted octanol–water partition coefficient (Wildman–Crippen LogP) is 20.8. The van der Waals surface area contributed by atoms with Crippen molar-refractivity contribution >= 4 is 143 Å². The second-order valence-electron chi connectivity index (χ2n) is 21.2. The van der Waals surface area contributed by atoms with Crippen LogP contribution < -0.4 is 9.80 Å². The second-order valence-corrected chi connectivity index (χ2v) is 21.2. The zero-order valence-electron chi connectivity index (χ0n) is 44.0. The molecule has 382 valence electrons. The van der Waals surface area contributed by atoms with E-state index < -0.39 is 0 Å². The van der Waals surface area contributed by atoms with Crippen molar-refractivity contribution in [1.29, 1.82) is 5.26 Å². The van der Waals surface area contributed by atoms with Crippen LogP contribution in [0.3, 0.4) is 0 Å². The Morgan fingerprint density at radius 2 is 0.707 bits per heavy atom. The van der Waals surface area contributed by atoms with E-state index in [9.17, 15) is 5.26 Å². The molecule has 0 aliphatic heterocycles. The van der Waals surface area contributed by atoms with Gasteiger partial charge in [0.25, 0.3) is 0 Å². The lowest BCUT2D eigenvalue weighted by atomic mass is 10.0. The monoisotopic (exact) mass is 1050 g/mol. The molecule has 4 aromatic heterocycles. The molecule has 13 aromatic carbocycles. The number of para-hydroxylation sites is 6. The maximum atomic E-state index is 10.8. The Morgan fingerprint density at radius 3 is 1.22 bits per heavy atom. The van der Waals surface area contributed by atoms with Crippen molar-refractivity contribution < 1.29 is 8.83 Å². The maximum Gasteiger partial charge on any atom is 0.156 e. The third-order valence-corrected chi connectivity index (χ3v) is 16.6. The van der Waals surface area contributed by atoms with Crippen LogP contribution in [0.2, 0.25) is 0 Å². The lowest BCUT2D eigenvalue weighted by Crippen LogP contribution is -2.09. The number of nitriles is 1. The van der Waals surface area contributed by atoms with E-state index in [1.54, 1.807) is 0 Å². The van der Waals surface area contributed by atoms with Gasteiger partial charge in [-0.3, -0.25) is 0 Å². The van der Waals surface area contributed by atoms with Crippen LogP contribution >= 0.6 is 0 Å². The Morgan fingerprint density at radius 1 is 0.293 bits per heavy atom. The molecule has 0 unspecified atom stereocenters. The molecule has 0 N–H and O–H groups in total. The highest BCUT2D eigenvalue weighted by atomic mass is 16.3. The minimum atomic E-state index is 0.461. The summed E-state index contributed by atoms with van der Waals surface area (Å²) in [6, 6.07) is 99.4. The smallest absolute Gasteiger partial charge is 0.156 e. The van der Waals surface area contributed by atoms with Gasteiger partial charge in [-0.15, -0.1) is 0 Å². The summed E-state index contributed by atoms with van der Waals surface area (Å²) in [5.74, 6) is 0. The first-order chi connectivity index (χ1) is 40.6. The van der Waals surface area contributed by atoms with Crippen LogP contribution in [0.15, 0.2) is 282 Å². The largest absolute Gasteiger partial charge is 0.455 e. The van der Waals surface area contributed by atoms with Crippen LogP contribution in [0.25, 0.3) is 120 Å². The molecule has 4 heterocycles. The van der Waals surface area contributed by atoms with E-state index in [2.05, 4.69) is 292 Å². The Kier molecular flexibility index (Phi) is 9.94. The number of aromatic nitrogens is 2. The molecule has 0 bridgehead atoms. The third kappa shape index (κ3) is 6.95. The zero-order valence-corrected chi connectivity index (χ0v) is 44.0. The number of furan rings is 2. The molecule has 0 aliphatic rings. The van der Waals surface area contributed by atoms with Crippen LogP contribution in [-0.2, 0) is 0 Å². The van der Waals surface area contributed by atoms with Gasteiger partial charge in [-0.25, -0.2) is 0 Å². The molecule has 0 saturated carbocycles. The highest BCUT2D eigenvalue weighted by Crippen LogP contribution is 2.47. The highest BCUT2D eigenvalue weighted by Gasteiger charge is 2.24. The molecule has 0 amide bonds. The summed E-state index contributed by atoms with van der Waals surface area (Å²) in [4.78, 5) is 4.65. The molecule has 0 atom stereocenters. The van der Waals surface area contributed by atoms with Gasteiger partial charge in [0.2, 0.25) is 0 Å². The molecule has 17 rings (SSSR count). The van der Waals surface area contributed by atoms with E-state index >= 15 is 0 Å². The summed E-state index contributed by atoms with van der Waals surface area (Å²) in [5.41, 5.74) is 16.2. The highest BCUT2D eigenvalue weighted by molar-refractivity contribution is 6.25. The number of hydrogen-bond acceptors (Lipinski definition) is 5. The van der Waals surface area contributed by atoms with E-state index in [-0.39, 0.29) is 0 Å². The van der Waals surface area contributed by atoms with Crippen molar-refractivity contribution in [2.75, 3.05) is 9.80 Å². The summed E-state index contributed by atoms with van der Waals surface area (Å²) in [5, 5.41) is 23.2. The maximum absolute atomic E-state index is 10.8. The van der Waals surface area contributed by atoms with Crippen LogP contribution in [0.4, 0.5) is 34.1 Å². The van der Waals surface area contributed by atoms with Gasteiger partial charge >= 0.3 is 0 Å². The summed E-state index contributed by atoms with van der Waals surface area (Å²) >= 11 is 0. The van der Waals surface area contributed by atoms with Gasteiger partial charge in [0.15, 0.2) is 5.58 Å². The standard InChI is InChI=1S/C75H45N5O2/c76-46-51-41-65-64-39-47-29-31-56(77(52-17-5-1-6-18-52)58-33-35-69-62(44-58)60-25-13-15-27-67(60)79(69)54-21-9-3-10-22-54)37-49(47)42-71(64)82-75(65)73-66-40-48-30-32-57(38-50(48)43-72(66)81-74(51)73)78(53-19-7-2-8-20-53)59-34-36-70-63(45-59)61-26-14-16-28-68(61)80(70)55-23-11-4-12-24-55/h1-45H. The van der Waals surface area contributed by atoms with Crippen molar-refractivity contribution in [1.82, 2.24) is 9.13 Å². The zero-order chi connectivity index (χ0) is 54.0. The van der Waals surface area contributed by atoms with Crippen molar-refractivity contribution in [2.45, 2.75) is 0 Å². The third-order valence-electron chi connectivity index (χ3n) is 16.6. The molecule has 0 aliphatic carbocycles. The van der Waals surface area contributed by atoms with E-state index in [1.165, 1.54) is 27.1 Å². The molecule has 7 nitrogen and oxygen atoms in total. The number of nitrogens with zero attached hydrogens (tertiary/aromatic N) is 5. The van der Waals surface area contributed by atoms with Gasteiger partial charge in [-0.1, -0.05) is 121 Å². The second kappa shape index (κ2) is 17.8. The fourth-order valence-corrected chi connectivity index (χ4v) is 12.9. The minimum Gasteiger partial charge on any atom is -0.455 e. The molecule has 0 saturated heterocycles. The van der Waals surface area contributed by atoms with Crippen molar-refractivity contribution in [3.8, 4) is 17.4 Å². The summed E-state index contributed by atoms with van der Waals surface area (Å²) < 4.78 is 18.4. The van der Waals surface area contributed by atoms with Gasteiger partial charge in [-0.05, 0) is 173 Å². The quantitative estimate of drug-likeness (QED) is 0.152. The predicted molar refractivity (Wildman–Crippen MR) is 339 cm³/mol. The van der Waals surface area contributed by atoms with E-state index in [0.717, 1.165) is 111 Å². The molecule has 0 fully saturated rings. The van der Waals surface area contributed by atoms with E-state index in [1.807, 2.05) is 6.07 Å².